The molecule has 1 heterocycles. The maximum atomic E-state index is 11.4. The van der Waals surface area contributed by atoms with Gasteiger partial charge in [-0.05, 0) is 30.0 Å². The number of anilines is 2. The van der Waals surface area contributed by atoms with Crippen LogP contribution in [0.25, 0.3) is 0 Å². The van der Waals surface area contributed by atoms with E-state index in [0.29, 0.717) is 18.1 Å². The molecule has 0 atom stereocenters. The van der Waals surface area contributed by atoms with Crippen molar-refractivity contribution in [3.63, 3.8) is 0 Å². The fraction of sp³-hybridized carbons (Fsp3) is 0.353. The number of nitrogens with zero attached hydrogens (tertiary/aromatic N) is 2. The lowest BCUT2D eigenvalue weighted by molar-refractivity contribution is -0.383. The van der Waals surface area contributed by atoms with Gasteiger partial charge in [0.1, 0.15) is 5.69 Å². The number of nitro groups is 1. The Morgan fingerprint density at radius 1 is 1.38 bits per heavy atom. The molecule has 1 aromatic heterocycles. The van der Waals surface area contributed by atoms with Crippen LogP contribution in [0.15, 0.2) is 24.3 Å². The van der Waals surface area contributed by atoms with Gasteiger partial charge in [0.15, 0.2) is 0 Å². The fourth-order valence-corrected chi connectivity index (χ4v) is 2.64. The van der Waals surface area contributed by atoms with E-state index in [0.717, 1.165) is 17.5 Å². The van der Waals surface area contributed by atoms with Crippen molar-refractivity contribution in [2.75, 3.05) is 24.8 Å². The van der Waals surface area contributed by atoms with E-state index in [1.54, 1.807) is 13.1 Å². The van der Waals surface area contributed by atoms with Crippen molar-refractivity contribution in [1.82, 2.24) is 4.98 Å². The molecule has 7 heteroatoms. The lowest BCUT2D eigenvalue weighted by atomic mass is 10.00. The first-order chi connectivity index (χ1) is 11.5. The Kier molecular flexibility index (Phi) is 5.57. The summed E-state index contributed by atoms with van der Waals surface area (Å²) in [6.45, 7) is 4.62. The van der Waals surface area contributed by atoms with E-state index in [-0.39, 0.29) is 11.5 Å². The van der Waals surface area contributed by atoms with E-state index < -0.39 is 4.92 Å². The van der Waals surface area contributed by atoms with Gasteiger partial charge in [0, 0.05) is 19.7 Å². The van der Waals surface area contributed by atoms with Crippen LogP contribution in [0.2, 0.25) is 0 Å². The maximum Gasteiger partial charge on any atom is 0.334 e. The highest BCUT2D eigenvalue weighted by atomic mass is 16.6. The van der Waals surface area contributed by atoms with Crippen molar-refractivity contribution in [3.05, 3.63) is 51.1 Å². The molecule has 0 saturated carbocycles. The van der Waals surface area contributed by atoms with Crippen LogP contribution in [0.1, 0.15) is 23.6 Å². The SMILES string of the molecule is CCc1cccc(C)c1CNc1cc(OC)nc(NC)c1[N+](=O)[O-]. The van der Waals surface area contributed by atoms with Crippen LogP contribution in [-0.2, 0) is 13.0 Å². The van der Waals surface area contributed by atoms with Gasteiger partial charge in [0.25, 0.3) is 0 Å². The molecule has 2 N–H and O–H groups in total. The van der Waals surface area contributed by atoms with E-state index in [4.69, 9.17) is 4.74 Å². The van der Waals surface area contributed by atoms with E-state index in [1.165, 1.54) is 12.7 Å². The van der Waals surface area contributed by atoms with Crippen molar-refractivity contribution < 1.29 is 9.66 Å². The second kappa shape index (κ2) is 7.63. The summed E-state index contributed by atoms with van der Waals surface area (Å²) >= 11 is 0. The van der Waals surface area contributed by atoms with Crippen LogP contribution in [0.3, 0.4) is 0 Å². The zero-order chi connectivity index (χ0) is 17.7. The Balaban J connectivity index is 2.41. The first kappa shape index (κ1) is 17.5. The molecule has 24 heavy (non-hydrogen) atoms. The Hall–Kier alpha value is -2.83. The van der Waals surface area contributed by atoms with Crippen LogP contribution >= 0.6 is 0 Å². The lowest BCUT2D eigenvalue weighted by Gasteiger charge is -2.15. The Morgan fingerprint density at radius 3 is 2.71 bits per heavy atom. The van der Waals surface area contributed by atoms with Crippen LogP contribution in [0, 0.1) is 17.0 Å². The van der Waals surface area contributed by atoms with Crippen molar-refractivity contribution in [2.24, 2.45) is 0 Å². The van der Waals surface area contributed by atoms with Gasteiger partial charge < -0.3 is 15.4 Å². The number of aryl methyl sites for hydroxylation is 2. The number of nitrogens with one attached hydrogen (secondary N) is 2. The summed E-state index contributed by atoms with van der Waals surface area (Å²) in [5.41, 5.74) is 3.81. The molecule has 0 saturated heterocycles. The third-order valence-electron chi connectivity index (χ3n) is 3.94. The molecule has 128 valence electrons. The molecule has 0 amide bonds. The minimum Gasteiger partial charge on any atom is -0.481 e. The van der Waals surface area contributed by atoms with Crippen LogP contribution in [-0.4, -0.2) is 24.1 Å². The fourth-order valence-electron chi connectivity index (χ4n) is 2.64. The van der Waals surface area contributed by atoms with E-state index in [9.17, 15) is 10.1 Å². The summed E-state index contributed by atoms with van der Waals surface area (Å²) < 4.78 is 5.14. The van der Waals surface area contributed by atoms with E-state index >= 15 is 0 Å². The summed E-state index contributed by atoms with van der Waals surface area (Å²) in [4.78, 5) is 15.1. The third kappa shape index (κ3) is 3.56. The average molecular weight is 330 g/mol. The van der Waals surface area contributed by atoms with Gasteiger partial charge >= 0.3 is 5.69 Å². The zero-order valence-corrected chi connectivity index (χ0v) is 14.3. The molecule has 0 aliphatic rings. The van der Waals surface area contributed by atoms with Crippen molar-refractivity contribution >= 4 is 17.2 Å². The van der Waals surface area contributed by atoms with Crippen molar-refractivity contribution in [3.8, 4) is 5.88 Å². The molecule has 0 bridgehead atoms. The smallest absolute Gasteiger partial charge is 0.334 e. The average Bonchev–Trinajstić information content (AvgIpc) is 2.59. The van der Waals surface area contributed by atoms with Crippen LogP contribution in [0.5, 0.6) is 5.88 Å². The van der Waals surface area contributed by atoms with Gasteiger partial charge in [-0.3, -0.25) is 10.1 Å². The van der Waals surface area contributed by atoms with Crippen LogP contribution < -0.4 is 15.4 Å². The molecule has 0 unspecified atom stereocenters. The first-order valence-corrected chi connectivity index (χ1v) is 7.74. The summed E-state index contributed by atoms with van der Waals surface area (Å²) in [6.07, 6.45) is 0.905. The van der Waals surface area contributed by atoms with Gasteiger partial charge in [-0.2, -0.15) is 4.98 Å². The summed E-state index contributed by atoms with van der Waals surface area (Å²) in [7, 11) is 3.07. The Labute approximate surface area is 141 Å². The maximum absolute atomic E-state index is 11.4. The van der Waals surface area contributed by atoms with Gasteiger partial charge in [-0.1, -0.05) is 25.1 Å². The predicted octanol–water partition coefficient (Wildman–Crippen LogP) is 3.52. The van der Waals surface area contributed by atoms with Gasteiger partial charge in [-0.25, -0.2) is 0 Å². The Morgan fingerprint density at radius 2 is 2.12 bits per heavy atom. The lowest BCUT2D eigenvalue weighted by Crippen LogP contribution is -2.09. The highest BCUT2D eigenvalue weighted by Gasteiger charge is 2.23. The minimum atomic E-state index is -0.445. The monoisotopic (exact) mass is 330 g/mol. The highest BCUT2D eigenvalue weighted by molar-refractivity contribution is 5.74. The first-order valence-electron chi connectivity index (χ1n) is 7.74. The summed E-state index contributed by atoms with van der Waals surface area (Å²) in [5.74, 6) is 0.482. The summed E-state index contributed by atoms with van der Waals surface area (Å²) in [6, 6.07) is 7.68. The summed E-state index contributed by atoms with van der Waals surface area (Å²) in [5, 5.41) is 17.4. The molecular weight excluding hydrogens is 308 g/mol. The molecule has 0 fully saturated rings. The van der Waals surface area contributed by atoms with Crippen molar-refractivity contribution in [1.29, 1.82) is 0 Å². The second-order valence-corrected chi connectivity index (χ2v) is 5.34. The van der Waals surface area contributed by atoms with E-state index in [2.05, 4.69) is 28.6 Å². The Bertz CT molecular complexity index is 747. The molecule has 0 aliphatic heterocycles. The molecule has 0 aliphatic carbocycles. The molecule has 2 rings (SSSR count). The third-order valence-corrected chi connectivity index (χ3v) is 3.94. The molecule has 1 aromatic carbocycles. The molecule has 7 nitrogen and oxygen atoms in total. The number of ether oxygens (including phenoxy) is 1. The molecule has 0 radical (unpaired) electrons. The topological polar surface area (TPSA) is 89.3 Å². The second-order valence-electron chi connectivity index (χ2n) is 5.34. The minimum absolute atomic E-state index is 0.0927. The highest BCUT2D eigenvalue weighted by Crippen LogP contribution is 2.35. The van der Waals surface area contributed by atoms with E-state index in [1.807, 2.05) is 19.1 Å². The quantitative estimate of drug-likeness (QED) is 0.596. The van der Waals surface area contributed by atoms with Gasteiger partial charge in [0.05, 0.1) is 12.0 Å². The number of benzene rings is 1. The normalized spacial score (nSPS) is 10.3. The molecular formula is C17H22N4O3. The molecule has 2 aromatic rings. The van der Waals surface area contributed by atoms with Crippen molar-refractivity contribution in [2.45, 2.75) is 26.8 Å². The number of hydrogen-bond acceptors (Lipinski definition) is 6. The standard InChI is InChI=1S/C17H22N4O3/c1-5-12-8-6-7-11(2)13(12)10-19-14-9-15(24-4)20-17(18-3)16(14)21(22)23/h6-9H,5,10H2,1-4H3,(H2,18,19,20). The molecule has 0 spiro atoms. The number of aromatic nitrogens is 1. The predicted molar refractivity (Wildman–Crippen MR) is 94.9 cm³/mol. The van der Waals surface area contributed by atoms with Gasteiger partial charge in [-0.15, -0.1) is 0 Å². The largest absolute Gasteiger partial charge is 0.481 e. The number of methoxy groups -OCH3 is 1. The number of pyridine rings is 1. The van der Waals surface area contributed by atoms with Crippen LogP contribution in [0.4, 0.5) is 17.2 Å². The van der Waals surface area contributed by atoms with Gasteiger partial charge in [0.2, 0.25) is 11.7 Å². The number of hydrogen-bond donors (Lipinski definition) is 2. The zero-order valence-electron chi connectivity index (χ0n) is 14.3. The number of rotatable bonds is 7.